The molecule has 3 fully saturated rings. The molecule has 4 rings (SSSR count). The molecule has 0 aliphatic carbocycles. The topological polar surface area (TPSA) is 71.4 Å². The van der Waals surface area contributed by atoms with Crippen molar-refractivity contribution in [1.82, 2.24) is 19.9 Å². The number of piperazine rings is 3. The predicted octanol–water partition coefficient (Wildman–Crippen LogP) is 0.398. The number of nitrogens with zero attached hydrogens (tertiary/aromatic N) is 4. The fraction of sp³-hybridized carbons (Fsp3) is 0.833. The summed E-state index contributed by atoms with van der Waals surface area (Å²) in [5.41, 5.74) is 6.04. The number of fused-ring (bicyclic) bond motifs is 3. The van der Waals surface area contributed by atoms with Crippen molar-refractivity contribution < 1.29 is 4.52 Å². The summed E-state index contributed by atoms with van der Waals surface area (Å²) in [7, 11) is 0. The highest BCUT2D eigenvalue weighted by molar-refractivity contribution is 5.03. The molecule has 2 bridgehead atoms. The summed E-state index contributed by atoms with van der Waals surface area (Å²) >= 11 is 0. The van der Waals surface area contributed by atoms with E-state index in [2.05, 4.69) is 33.8 Å². The maximum absolute atomic E-state index is 6.04. The maximum atomic E-state index is 6.04. The summed E-state index contributed by atoms with van der Waals surface area (Å²) in [6, 6.07) is 0.117. The summed E-state index contributed by atoms with van der Waals surface area (Å²) in [6.45, 7) is 9.66. The summed E-state index contributed by atoms with van der Waals surface area (Å²) in [6.07, 6.45) is 0. The van der Waals surface area contributed by atoms with Crippen LogP contribution in [-0.4, -0.2) is 52.7 Å². The molecular weight excluding hydrogens is 230 g/mol. The first-order chi connectivity index (χ1) is 8.65. The Morgan fingerprint density at radius 2 is 2.00 bits per heavy atom. The van der Waals surface area contributed by atoms with Crippen molar-refractivity contribution in [3.05, 3.63) is 11.7 Å². The van der Waals surface area contributed by atoms with Gasteiger partial charge in [-0.3, -0.25) is 9.80 Å². The quantitative estimate of drug-likeness (QED) is 0.838. The molecule has 3 saturated heterocycles. The number of rotatable bonds is 3. The molecule has 6 nitrogen and oxygen atoms in total. The van der Waals surface area contributed by atoms with Gasteiger partial charge in [0.1, 0.15) is 0 Å². The van der Waals surface area contributed by atoms with E-state index in [1.165, 1.54) is 0 Å². The van der Waals surface area contributed by atoms with Crippen LogP contribution in [0.2, 0.25) is 0 Å². The highest BCUT2D eigenvalue weighted by atomic mass is 16.5. The summed E-state index contributed by atoms with van der Waals surface area (Å²) in [4.78, 5) is 9.40. The van der Waals surface area contributed by atoms with E-state index < -0.39 is 0 Å². The van der Waals surface area contributed by atoms with Crippen LogP contribution in [0.1, 0.15) is 37.6 Å². The van der Waals surface area contributed by atoms with Gasteiger partial charge < -0.3 is 10.3 Å². The van der Waals surface area contributed by atoms with Gasteiger partial charge in [-0.2, -0.15) is 4.98 Å². The lowest BCUT2D eigenvalue weighted by Gasteiger charge is -2.46. The second-order valence-electron chi connectivity index (χ2n) is 5.61. The Kier molecular flexibility index (Phi) is 3.09. The molecule has 2 unspecified atom stereocenters. The molecule has 2 N–H and O–H groups in total. The van der Waals surface area contributed by atoms with Crippen LogP contribution in [0, 0.1) is 5.92 Å². The summed E-state index contributed by atoms with van der Waals surface area (Å²) in [5, 5.41) is 4.13. The van der Waals surface area contributed by atoms with Crippen molar-refractivity contribution in [3.63, 3.8) is 0 Å². The molecule has 100 valence electrons. The van der Waals surface area contributed by atoms with Gasteiger partial charge in [-0.15, -0.1) is 0 Å². The van der Waals surface area contributed by atoms with Crippen molar-refractivity contribution in [2.45, 2.75) is 25.9 Å². The normalized spacial score (nSPS) is 33.0. The van der Waals surface area contributed by atoms with Crippen LogP contribution in [-0.2, 0) is 0 Å². The third-order valence-electron chi connectivity index (χ3n) is 4.04. The minimum absolute atomic E-state index is 0.165. The second-order valence-corrected chi connectivity index (χ2v) is 5.61. The van der Waals surface area contributed by atoms with E-state index in [0.29, 0.717) is 11.8 Å². The molecule has 3 aliphatic rings. The van der Waals surface area contributed by atoms with Gasteiger partial charge in [-0.25, -0.2) is 0 Å². The highest BCUT2D eigenvalue weighted by Gasteiger charge is 2.36. The monoisotopic (exact) mass is 251 g/mol. The third kappa shape index (κ3) is 2.04. The van der Waals surface area contributed by atoms with Gasteiger partial charge in [0.2, 0.25) is 5.89 Å². The molecule has 4 heterocycles. The minimum atomic E-state index is -0.165. The van der Waals surface area contributed by atoms with Crippen LogP contribution in [0.3, 0.4) is 0 Å². The predicted molar refractivity (Wildman–Crippen MR) is 66.8 cm³/mol. The zero-order chi connectivity index (χ0) is 12.7. The zero-order valence-electron chi connectivity index (χ0n) is 11.0. The first-order valence-corrected chi connectivity index (χ1v) is 6.70. The first-order valence-electron chi connectivity index (χ1n) is 6.70. The van der Waals surface area contributed by atoms with Crippen LogP contribution in [0.25, 0.3) is 0 Å². The smallest absolute Gasteiger partial charge is 0.243 e. The molecule has 2 atom stereocenters. The molecule has 1 aromatic heterocycles. The van der Waals surface area contributed by atoms with E-state index >= 15 is 0 Å². The Labute approximate surface area is 107 Å². The Balaban J connectivity index is 1.77. The van der Waals surface area contributed by atoms with Crippen LogP contribution >= 0.6 is 0 Å². The zero-order valence-corrected chi connectivity index (χ0v) is 11.0. The van der Waals surface area contributed by atoms with Crippen molar-refractivity contribution in [1.29, 1.82) is 0 Å². The van der Waals surface area contributed by atoms with Crippen LogP contribution < -0.4 is 5.73 Å². The van der Waals surface area contributed by atoms with Crippen LogP contribution in [0.4, 0.5) is 0 Å². The SMILES string of the molecule is CC(C)C(N)c1nc(C2CN3CCN2CC3)no1. The molecule has 0 amide bonds. The van der Waals surface area contributed by atoms with Crippen molar-refractivity contribution in [2.75, 3.05) is 32.7 Å². The van der Waals surface area contributed by atoms with Crippen molar-refractivity contribution in [3.8, 4) is 0 Å². The highest BCUT2D eigenvalue weighted by Crippen LogP contribution is 2.28. The average Bonchev–Trinajstić information content (AvgIpc) is 2.88. The summed E-state index contributed by atoms with van der Waals surface area (Å²) in [5.74, 6) is 1.67. The fourth-order valence-corrected chi connectivity index (χ4v) is 2.67. The van der Waals surface area contributed by atoms with E-state index in [9.17, 15) is 0 Å². The molecule has 6 heteroatoms. The first kappa shape index (κ1) is 12.1. The lowest BCUT2D eigenvalue weighted by Crippen LogP contribution is -2.57. The lowest BCUT2D eigenvalue weighted by molar-refractivity contribution is 0.00781. The average molecular weight is 251 g/mol. The van der Waals surface area contributed by atoms with Crippen molar-refractivity contribution >= 4 is 0 Å². The minimum Gasteiger partial charge on any atom is -0.338 e. The van der Waals surface area contributed by atoms with E-state index in [1.807, 2.05) is 0 Å². The number of hydrogen-bond acceptors (Lipinski definition) is 6. The van der Waals surface area contributed by atoms with Gasteiger partial charge in [0.05, 0.1) is 12.1 Å². The second kappa shape index (κ2) is 4.60. The molecule has 3 aliphatic heterocycles. The van der Waals surface area contributed by atoms with Gasteiger partial charge in [-0.1, -0.05) is 19.0 Å². The number of nitrogens with two attached hydrogens (primary N) is 1. The van der Waals surface area contributed by atoms with E-state index in [4.69, 9.17) is 10.3 Å². The van der Waals surface area contributed by atoms with E-state index in [0.717, 1.165) is 38.5 Å². The summed E-state index contributed by atoms with van der Waals surface area (Å²) < 4.78 is 5.32. The fourth-order valence-electron chi connectivity index (χ4n) is 2.67. The third-order valence-corrected chi connectivity index (χ3v) is 4.04. The molecule has 0 radical (unpaired) electrons. The standard InChI is InChI=1S/C12H21N5O/c1-8(2)10(13)12-14-11(15-18-12)9-7-16-3-5-17(9)6-4-16/h8-10H,3-7,13H2,1-2H3. The van der Waals surface area contributed by atoms with Gasteiger partial charge in [0.25, 0.3) is 0 Å². The Hall–Kier alpha value is -0.980. The Morgan fingerprint density at radius 1 is 1.28 bits per heavy atom. The van der Waals surface area contributed by atoms with Gasteiger partial charge in [-0.05, 0) is 5.92 Å². The van der Waals surface area contributed by atoms with E-state index in [1.54, 1.807) is 0 Å². The van der Waals surface area contributed by atoms with Crippen LogP contribution in [0.5, 0.6) is 0 Å². The molecule has 1 aromatic rings. The Morgan fingerprint density at radius 3 is 2.56 bits per heavy atom. The lowest BCUT2D eigenvalue weighted by atomic mass is 10.1. The largest absolute Gasteiger partial charge is 0.338 e. The molecule has 0 saturated carbocycles. The molecule has 18 heavy (non-hydrogen) atoms. The Bertz CT molecular complexity index is 410. The van der Waals surface area contributed by atoms with Crippen LogP contribution in [0.15, 0.2) is 4.52 Å². The van der Waals surface area contributed by atoms with E-state index in [-0.39, 0.29) is 12.1 Å². The molecule has 0 spiro atoms. The van der Waals surface area contributed by atoms with Crippen molar-refractivity contribution in [2.24, 2.45) is 11.7 Å². The molecule has 0 aromatic carbocycles. The number of hydrogen-bond donors (Lipinski definition) is 1. The number of aromatic nitrogens is 2. The van der Waals surface area contributed by atoms with Gasteiger partial charge >= 0.3 is 0 Å². The van der Waals surface area contributed by atoms with Gasteiger partial charge in [0.15, 0.2) is 5.82 Å². The molecular formula is C12H21N5O. The maximum Gasteiger partial charge on any atom is 0.243 e. The van der Waals surface area contributed by atoms with Gasteiger partial charge in [0, 0.05) is 32.7 Å².